The van der Waals surface area contributed by atoms with Gasteiger partial charge in [-0.05, 0) is 13.8 Å². The van der Waals surface area contributed by atoms with Crippen LogP contribution in [0.1, 0.15) is 30.4 Å². The molecule has 0 aliphatic carbocycles. The molecule has 0 amide bonds. The van der Waals surface area contributed by atoms with Gasteiger partial charge in [-0.1, -0.05) is 0 Å². The summed E-state index contributed by atoms with van der Waals surface area (Å²) in [5.74, 6) is 2.40. The van der Waals surface area contributed by atoms with Crippen molar-refractivity contribution in [3.8, 4) is 0 Å². The maximum absolute atomic E-state index is 5.43. The predicted octanol–water partition coefficient (Wildman–Crippen LogP) is 0.962. The molecule has 0 spiro atoms. The fourth-order valence-corrected chi connectivity index (χ4v) is 1.37. The van der Waals surface area contributed by atoms with Gasteiger partial charge in [0.05, 0.1) is 18.8 Å². The molecule has 1 unspecified atom stereocenters. The smallest absolute Gasteiger partial charge is 0.211 e. The van der Waals surface area contributed by atoms with Crippen LogP contribution >= 0.6 is 0 Å². The van der Waals surface area contributed by atoms with Crippen LogP contribution < -0.4 is 5.32 Å². The zero-order valence-corrected chi connectivity index (χ0v) is 9.64. The fourth-order valence-electron chi connectivity index (χ4n) is 1.37. The number of hydrogen-bond acceptors (Lipinski definition) is 5. The minimum Gasteiger partial charge on any atom is -0.444 e. The monoisotopic (exact) mass is 221 g/mol. The van der Waals surface area contributed by atoms with E-state index in [0.29, 0.717) is 12.4 Å². The van der Waals surface area contributed by atoms with Gasteiger partial charge in [-0.25, -0.2) is 4.98 Å². The van der Waals surface area contributed by atoms with Crippen molar-refractivity contribution in [3.63, 3.8) is 0 Å². The highest BCUT2D eigenvalue weighted by atomic mass is 16.4. The van der Waals surface area contributed by atoms with Crippen molar-refractivity contribution < 1.29 is 4.42 Å². The molecule has 0 fully saturated rings. The molecule has 2 rings (SSSR count). The number of nitrogens with zero attached hydrogens (tertiary/aromatic N) is 4. The van der Waals surface area contributed by atoms with Crippen molar-refractivity contribution in [1.29, 1.82) is 0 Å². The van der Waals surface area contributed by atoms with E-state index in [2.05, 4.69) is 20.5 Å². The second kappa shape index (κ2) is 4.44. The number of aromatic nitrogens is 4. The summed E-state index contributed by atoms with van der Waals surface area (Å²) >= 11 is 0. The van der Waals surface area contributed by atoms with E-state index in [4.69, 9.17) is 4.42 Å². The predicted molar refractivity (Wildman–Crippen MR) is 57.5 cm³/mol. The molecular weight excluding hydrogens is 206 g/mol. The van der Waals surface area contributed by atoms with Gasteiger partial charge in [0.25, 0.3) is 0 Å². The molecule has 16 heavy (non-hydrogen) atoms. The topological polar surface area (TPSA) is 68.8 Å². The lowest BCUT2D eigenvalue weighted by Crippen LogP contribution is -2.20. The second-order valence-corrected chi connectivity index (χ2v) is 3.77. The zero-order chi connectivity index (χ0) is 11.5. The van der Waals surface area contributed by atoms with Crippen molar-refractivity contribution in [3.05, 3.63) is 30.0 Å². The largest absolute Gasteiger partial charge is 0.444 e. The van der Waals surface area contributed by atoms with Crippen LogP contribution in [0.25, 0.3) is 0 Å². The standard InChI is InChI=1S/C10H15N5O/c1-7-4-12-10(16-7)8(2)11-5-9-14-13-6-15(9)3/h4,6,8,11H,5H2,1-3H3. The first kappa shape index (κ1) is 10.8. The summed E-state index contributed by atoms with van der Waals surface area (Å²) in [5.41, 5.74) is 0. The third-order valence-electron chi connectivity index (χ3n) is 2.38. The first-order valence-electron chi connectivity index (χ1n) is 5.15. The van der Waals surface area contributed by atoms with Crippen molar-refractivity contribution in [2.45, 2.75) is 26.4 Å². The van der Waals surface area contributed by atoms with Gasteiger partial charge in [0, 0.05) is 7.05 Å². The number of aryl methyl sites for hydroxylation is 2. The quantitative estimate of drug-likeness (QED) is 0.832. The Hall–Kier alpha value is -1.69. The Morgan fingerprint density at radius 1 is 1.56 bits per heavy atom. The van der Waals surface area contributed by atoms with Gasteiger partial charge >= 0.3 is 0 Å². The normalized spacial score (nSPS) is 12.9. The van der Waals surface area contributed by atoms with E-state index in [1.165, 1.54) is 0 Å². The molecule has 2 aromatic heterocycles. The summed E-state index contributed by atoms with van der Waals surface area (Å²) in [5, 5.41) is 11.1. The summed E-state index contributed by atoms with van der Waals surface area (Å²) < 4.78 is 7.30. The summed E-state index contributed by atoms with van der Waals surface area (Å²) in [4.78, 5) is 4.17. The molecular formula is C10H15N5O. The van der Waals surface area contributed by atoms with Gasteiger partial charge in [0.2, 0.25) is 5.89 Å². The van der Waals surface area contributed by atoms with E-state index in [0.717, 1.165) is 11.6 Å². The summed E-state index contributed by atoms with van der Waals surface area (Å²) in [6.07, 6.45) is 3.40. The Balaban J connectivity index is 1.93. The molecule has 6 nitrogen and oxygen atoms in total. The number of oxazole rings is 1. The minimum atomic E-state index is 0.0606. The lowest BCUT2D eigenvalue weighted by molar-refractivity contribution is 0.398. The summed E-state index contributed by atoms with van der Waals surface area (Å²) in [6, 6.07) is 0.0606. The van der Waals surface area contributed by atoms with Crippen LogP contribution in [0.4, 0.5) is 0 Å². The van der Waals surface area contributed by atoms with Crippen molar-refractivity contribution >= 4 is 0 Å². The van der Waals surface area contributed by atoms with Gasteiger partial charge in [-0.2, -0.15) is 0 Å². The highest BCUT2D eigenvalue weighted by molar-refractivity contribution is 4.95. The molecule has 0 aliphatic heterocycles. The van der Waals surface area contributed by atoms with E-state index in [1.54, 1.807) is 12.5 Å². The van der Waals surface area contributed by atoms with E-state index >= 15 is 0 Å². The van der Waals surface area contributed by atoms with Crippen LogP contribution in [-0.4, -0.2) is 19.7 Å². The summed E-state index contributed by atoms with van der Waals surface area (Å²) in [6.45, 7) is 4.52. The van der Waals surface area contributed by atoms with Crippen molar-refractivity contribution in [1.82, 2.24) is 25.1 Å². The molecule has 0 bridgehead atoms. The fraction of sp³-hybridized carbons (Fsp3) is 0.500. The van der Waals surface area contributed by atoms with Crippen LogP contribution in [0, 0.1) is 6.92 Å². The van der Waals surface area contributed by atoms with E-state index in [1.807, 2.05) is 25.5 Å². The number of hydrogen-bond donors (Lipinski definition) is 1. The molecule has 0 aromatic carbocycles. The maximum Gasteiger partial charge on any atom is 0.211 e. The van der Waals surface area contributed by atoms with E-state index < -0.39 is 0 Å². The van der Waals surface area contributed by atoms with Crippen LogP contribution in [-0.2, 0) is 13.6 Å². The molecule has 0 aliphatic rings. The average Bonchev–Trinajstić information content (AvgIpc) is 2.84. The molecule has 0 saturated heterocycles. The third-order valence-corrected chi connectivity index (χ3v) is 2.38. The van der Waals surface area contributed by atoms with Crippen LogP contribution in [0.5, 0.6) is 0 Å². The van der Waals surface area contributed by atoms with Gasteiger partial charge in [0.15, 0.2) is 0 Å². The van der Waals surface area contributed by atoms with E-state index in [-0.39, 0.29) is 6.04 Å². The lowest BCUT2D eigenvalue weighted by Gasteiger charge is -2.09. The van der Waals surface area contributed by atoms with Crippen LogP contribution in [0.3, 0.4) is 0 Å². The number of rotatable bonds is 4. The molecule has 6 heteroatoms. The van der Waals surface area contributed by atoms with Crippen molar-refractivity contribution in [2.24, 2.45) is 7.05 Å². The Kier molecular flexibility index (Phi) is 3.00. The molecule has 0 saturated carbocycles. The van der Waals surface area contributed by atoms with Crippen LogP contribution in [0.2, 0.25) is 0 Å². The molecule has 1 atom stereocenters. The molecule has 2 heterocycles. The van der Waals surface area contributed by atoms with Crippen molar-refractivity contribution in [2.75, 3.05) is 0 Å². The van der Waals surface area contributed by atoms with Gasteiger partial charge < -0.3 is 8.98 Å². The summed E-state index contributed by atoms with van der Waals surface area (Å²) in [7, 11) is 1.91. The molecule has 1 N–H and O–H groups in total. The Morgan fingerprint density at radius 3 is 2.94 bits per heavy atom. The first-order chi connectivity index (χ1) is 7.66. The zero-order valence-electron chi connectivity index (χ0n) is 9.64. The van der Waals surface area contributed by atoms with Gasteiger partial charge in [0.1, 0.15) is 17.9 Å². The Bertz CT molecular complexity index is 461. The SMILES string of the molecule is Cc1cnc(C(C)NCc2nncn2C)o1. The Morgan fingerprint density at radius 2 is 2.38 bits per heavy atom. The number of nitrogens with one attached hydrogen (secondary N) is 1. The lowest BCUT2D eigenvalue weighted by atomic mass is 10.3. The molecule has 0 radical (unpaired) electrons. The third kappa shape index (κ3) is 2.27. The first-order valence-corrected chi connectivity index (χ1v) is 5.15. The average molecular weight is 221 g/mol. The highest BCUT2D eigenvalue weighted by Gasteiger charge is 2.11. The Labute approximate surface area is 93.7 Å². The minimum absolute atomic E-state index is 0.0606. The second-order valence-electron chi connectivity index (χ2n) is 3.77. The van der Waals surface area contributed by atoms with Gasteiger partial charge in [-0.15, -0.1) is 10.2 Å². The molecule has 2 aromatic rings. The van der Waals surface area contributed by atoms with Crippen LogP contribution in [0.15, 0.2) is 16.9 Å². The maximum atomic E-state index is 5.43. The molecule has 86 valence electrons. The van der Waals surface area contributed by atoms with E-state index in [9.17, 15) is 0 Å². The van der Waals surface area contributed by atoms with Gasteiger partial charge in [-0.3, -0.25) is 5.32 Å². The highest BCUT2D eigenvalue weighted by Crippen LogP contribution is 2.12.